The highest BCUT2D eigenvalue weighted by Gasteiger charge is 2.19. The predicted octanol–water partition coefficient (Wildman–Crippen LogP) is 2.63. The van der Waals surface area contributed by atoms with Gasteiger partial charge < -0.3 is 19.7 Å². The molecule has 0 spiro atoms. The molecule has 0 aliphatic carbocycles. The molecule has 0 aliphatic rings. The Kier molecular flexibility index (Phi) is 6.52. The van der Waals surface area contributed by atoms with E-state index in [0.29, 0.717) is 11.3 Å². The summed E-state index contributed by atoms with van der Waals surface area (Å²) < 4.78 is 10.1. The second-order valence-corrected chi connectivity index (χ2v) is 5.75. The molecule has 0 fully saturated rings. The molecule has 2 N–H and O–H groups in total. The van der Waals surface area contributed by atoms with Crippen LogP contribution < -0.4 is 4.74 Å². The fourth-order valence-electron chi connectivity index (χ4n) is 2.18. The normalized spacial score (nSPS) is 11.5. The van der Waals surface area contributed by atoms with Crippen LogP contribution in [-0.4, -0.2) is 34.9 Å². The van der Waals surface area contributed by atoms with Crippen LogP contribution in [0.4, 0.5) is 0 Å². The van der Waals surface area contributed by atoms with E-state index in [1.54, 1.807) is 42.5 Å². The Morgan fingerprint density at radius 3 is 2.46 bits per heavy atom. The minimum Gasteiger partial charge on any atom is -0.507 e. The Balaban J connectivity index is 2.05. The van der Waals surface area contributed by atoms with Gasteiger partial charge >= 0.3 is 11.9 Å². The van der Waals surface area contributed by atoms with Gasteiger partial charge in [-0.1, -0.05) is 36.9 Å². The third-order valence-electron chi connectivity index (χ3n) is 3.50. The molecule has 6 nitrogen and oxygen atoms in total. The Hall–Kier alpha value is -3.12. The zero-order chi connectivity index (χ0) is 19.1. The van der Waals surface area contributed by atoms with E-state index in [-0.39, 0.29) is 29.9 Å². The predicted molar refractivity (Wildman–Crippen MR) is 95.0 cm³/mol. The van der Waals surface area contributed by atoms with E-state index in [2.05, 4.69) is 6.58 Å². The van der Waals surface area contributed by atoms with E-state index >= 15 is 0 Å². The molecular weight excluding hydrogens is 336 g/mol. The monoisotopic (exact) mass is 356 g/mol. The van der Waals surface area contributed by atoms with Gasteiger partial charge in [0, 0.05) is 12.0 Å². The maximum absolute atomic E-state index is 12.2. The molecule has 0 radical (unpaired) electrons. The van der Waals surface area contributed by atoms with Gasteiger partial charge in [0.15, 0.2) is 0 Å². The molecule has 0 saturated heterocycles. The summed E-state index contributed by atoms with van der Waals surface area (Å²) in [6, 6.07) is 13.1. The second-order valence-electron chi connectivity index (χ2n) is 5.75. The smallest absolute Gasteiger partial charge is 0.347 e. The van der Waals surface area contributed by atoms with Crippen molar-refractivity contribution in [1.29, 1.82) is 0 Å². The van der Waals surface area contributed by atoms with Crippen LogP contribution in [0, 0.1) is 0 Å². The lowest BCUT2D eigenvalue weighted by Crippen LogP contribution is -2.21. The number of esters is 2. The molecule has 2 rings (SSSR count). The first-order valence-corrected chi connectivity index (χ1v) is 7.97. The lowest BCUT2D eigenvalue weighted by atomic mass is 10.0. The Labute approximate surface area is 151 Å². The number of para-hydroxylation sites is 2. The summed E-state index contributed by atoms with van der Waals surface area (Å²) in [5.74, 6) is -1.24. The third kappa shape index (κ3) is 5.19. The lowest BCUT2D eigenvalue weighted by Gasteiger charge is -2.14. The Bertz CT molecular complexity index is 797. The number of aliphatic hydroxyl groups excluding tert-OH is 1. The topological polar surface area (TPSA) is 93.1 Å². The maximum atomic E-state index is 12.2. The first-order valence-electron chi connectivity index (χ1n) is 7.97. The largest absolute Gasteiger partial charge is 0.507 e. The summed E-state index contributed by atoms with van der Waals surface area (Å²) in [5.41, 5.74) is 0.551. The summed E-state index contributed by atoms with van der Waals surface area (Å²) in [7, 11) is 0. The molecule has 1 unspecified atom stereocenters. The van der Waals surface area contributed by atoms with Crippen molar-refractivity contribution in [1.82, 2.24) is 0 Å². The van der Waals surface area contributed by atoms with Gasteiger partial charge in [-0.05, 0) is 30.7 Å². The molecule has 0 bridgehead atoms. The van der Waals surface area contributed by atoms with Gasteiger partial charge in [0.2, 0.25) is 0 Å². The minimum absolute atomic E-state index is 0.00175. The van der Waals surface area contributed by atoms with Crippen molar-refractivity contribution in [3.8, 4) is 11.5 Å². The van der Waals surface area contributed by atoms with Gasteiger partial charge in [-0.25, -0.2) is 9.59 Å². The van der Waals surface area contributed by atoms with Crippen molar-refractivity contribution >= 4 is 11.9 Å². The summed E-state index contributed by atoms with van der Waals surface area (Å²) in [4.78, 5) is 23.6. The number of aromatic hydroxyl groups is 1. The van der Waals surface area contributed by atoms with Crippen LogP contribution in [0.1, 0.15) is 22.8 Å². The average molecular weight is 356 g/mol. The van der Waals surface area contributed by atoms with Crippen LogP contribution in [0.5, 0.6) is 11.5 Å². The van der Waals surface area contributed by atoms with E-state index in [1.165, 1.54) is 13.0 Å². The number of carbonyl (C=O) groups excluding carboxylic acids is 2. The minimum atomic E-state index is -1.04. The van der Waals surface area contributed by atoms with E-state index in [4.69, 9.17) is 9.47 Å². The molecule has 0 saturated carbocycles. The molecule has 0 heterocycles. The van der Waals surface area contributed by atoms with Gasteiger partial charge in [-0.2, -0.15) is 0 Å². The highest BCUT2D eigenvalue weighted by atomic mass is 16.5. The highest BCUT2D eigenvalue weighted by Crippen LogP contribution is 2.25. The molecule has 0 aliphatic heterocycles. The number of phenolic OH excluding ortho intramolecular Hbond substituents is 1. The van der Waals surface area contributed by atoms with Gasteiger partial charge in [-0.15, -0.1) is 0 Å². The molecule has 6 heteroatoms. The van der Waals surface area contributed by atoms with Crippen molar-refractivity contribution in [3.05, 3.63) is 71.8 Å². The summed E-state index contributed by atoms with van der Waals surface area (Å²) in [6.45, 7) is 4.71. The van der Waals surface area contributed by atoms with Crippen LogP contribution >= 0.6 is 0 Å². The molecule has 136 valence electrons. The lowest BCUT2D eigenvalue weighted by molar-refractivity contribution is -0.141. The molecule has 0 aromatic heterocycles. The quantitative estimate of drug-likeness (QED) is 0.450. The van der Waals surface area contributed by atoms with Crippen LogP contribution in [0.3, 0.4) is 0 Å². The van der Waals surface area contributed by atoms with Crippen LogP contribution in [-0.2, 0) is 16.0 Å². The third-order valence-corrected chi connectivity index (χ3v) is 3.50. The number of carbonyl (C=O) groups is 2. The van der Waals surface area contributed by atoms with Gasteiger partial charge in [0.1, 0.15) is 23.7 Å². The van der Waals surface area contributed by atoms with E-state index in [9.17, 15) is 19.8 Å². The Morgan fingerprint density at radius 1 is 1.12 bits per heavy atom. The molecular formula is C20H20O6. The second kappa shape index (κ2) is 8.82. The van der Waals surface area contributed by atoms with E-state index in [1.807, 2.05) is 0 Å². The summed E-state index contributed by atoms with van der Waals surface area (Å²) in [5, 5.41) is 20.3. The number of rotatable bonds is 7. The van der Waals surface area contributed by atoms with Gasteiger partial charge in [-0.3, -0.25) is 0 Å². The highest BCUT2D eigenvalue weighted by molar-refractivity contribution is 5.94. The zero-order valence-electron chi connectivity index (χ0n) is 14.3. The Morgan fingerprint density at radius 2 is 1.81 bits per heavy atom. The first-order chi connectivity index (χ1) is 12.4. The van der Waals surface area contributed by atoms with Gasteiger partial charge in [0.05, 0.1) is 6.10 Å². The molecule has 0 amide bonds. The zero-order valence-corrected chi connectivity index (χ0v) is 14.3. The van der Waals surface area contributed by atoms with Crippen LogP contribution in [0.15, 0.2) is 60.7 Å². The number of aliphatic hydroxyl groups is 1. The number of hydrogen-bond donors (Lipinski definition) is 2. The van der Waals surface area contributed by atoms with E-state index < -0.39 is 18.0 Å². The van der Waals surface area contributed by atoms with Crippen molar-refractivity contribution in [3.63, 3.8) is 0 Å². The van der Waals surface area contributed by atoms with E-state index in [0.717, 1.165) is 0 Å². The molecule has 26 heavy (non-hydrogen) atoms. The fraction of sp³-hybridized carbons (Fsp3) is 0.200. The van der Waals surface area contributed by atoms with Crippen molar-refractivity contribution in [2.24, 2.45) is 0 Å². The SMILES string of the molecule is C=C(C)C(=O)OCC(O)Cc1cccc(C(=O)Oc2ccccc2)c1O. The summed E-state index contributed by atoms with van der Waals surface area (Å²) in [6.07, 6.45) is -1.04. The maximum Gasteiger partial charge on any atom is 0.347 e. The number of hydrogen-bond acceptors (Lipinski definition) is 6. The van der Waals surface area contributed by atoms with Crippen molar-refractivity contribution in [2.45, 2.75) is 19.4 Å². The average Bonchev–Trinajstić information content (AvgIpc) is 2.62. The first kappa shape index (κ1) is 19.2. The number of benzene rings is 2. The molecule has 1 atom stereocenters. The van der Waals surface area contributed by atoms with Crippen molar-refractivity contribution < 1.29 is 29.3 Å². The van der Waals surface area contributed by atoms with Crippen molar-refractivity contribution in [2.75, 3.05) is 6.61 Å². The fourth-order valence-corrected chi connectivity index (χ4v) is 2.18. The van der Waals surface area contributed by atoms with Crippen LogP contribution in [0.2, 0.25) is 0 Å². The standard InChI is InChI=1S/C20H20O6/c1-13(2)19(23)25-12-15(21)11-14-7-6-10-17(18(14)22)20(24)26-16-8-4-3-5-9-16/h3-10,15,21-22H,1,11-12H2,2H3. The molecule has 2 aromatic carbocycles. The number of phenols is 1. The van der Waals surface area contributed by atoms with Gasteiger partial charge in [0.25, 0.3) is 0 Å². The molecule has 2 aromatic rings. The summed E-state index contributed by atoms with van der Waals surface area (Å²) >= 11 is 0. The van der Waals surface area contributed by atoms with Crippen LogP contribution in [0.25, 0.3) is 0 Å². The number of ether oxygens (including phenoxy) is 2.